The maximum absolute atomic E-state index is 9.52. The van der Waals surface area contributed by atoms with Gasteiger partial charge in [0.2, 0.25) is 0 Å². The van der Waals surface area contributed by atoms with Crippen molar-refractivity contribution >= 4 is 0 Å². The quantitative estimate of drug-likeness (QED) is 0.535. The van der Waals surface area contributed by atoms with Crippen LogP contribution >= 0.6 is 0 Å². The van der Waals surface area contributed by atoms with Gasteiger partial charge in [-0.05, 0) is 13.8 Å². The van der Waals surface area contributed by atoms with Crippen LogP contribution in [0.1, 0.15) is 15.2 Å². The minimum absolute atomic E-state index is 0.0515. The van der Waals surface area contributed by atoms with E-state index in [4.69, 9.17) is 16.6 Å². The molecule has 4 heteroatoms. The summed E-state index contributed by atoms with van der Waals surface area (Å²) < 4.78 is 17.4. The topological polar surface area (TPSA) is 64.7 Å². The van der Waals surface area contributed by atoms with Gasteiger partial charge in [-0.1, -0.05) is 0 Å². The molecule has 1 saturated heterocycles. The number of aliphatic hydroxyl groups is 1. The maximum atomic E-state index is 9.52. The third-order valence-electron chi connectivity index (χ3n) is 1.86. The molecule has 1 rings (SSSR count). The fourth-order valence-corrected chi connectivity index (χ4v) is 1.27. The fraction of sp³-hybridized carbons (Fsp3) is 1.00. The molecule has 3 N–H and O–H groups in total. The number of hydrogen-bond acceptors (Lipinski definition) is 4. The molecule has 0 aromatic rings. The average molecular weight is 162 g/mol. The summed E-state index contributed by atoms with van der Waals surface area (Å²) in [6.45, 7) is 1.93. The summed E-state index contributed by atoms with van der Waals surface area (Å²) in [4.78, 5) is 0. The summed E-state index contributed by atoms with van der Waals surface area (Å²) in [6, 6.07) is 0. The first-order valence-electron chi connectivity index (χ1n) is 4.35. The molecular formula is C7H15NO3. The van der Waals surface area contributed by atoms with E-state index in [9.17, 15) is 5.11 Å². The molecule has 0 aliphatic carbocycles. The van der Waals surface area contributed by atoms with E-state index in [1.165, 1.54) is 0 Å². The molecule has 0 amide bonds. The molecule has 0 unspecified atom stereocenters. The first-order chi connectivity index (χ1) is 5.70. The summed E-state index contributed by atoms with van der Waals surface area (Å²) in [5.41, 5.74) is 5.18. The molecule has 0 saturated carbocycles. The smallest absolute Gasteiger partial charge is 0.113 e. The standard InChI is InChI=1S/C7H15NO3/c1-4-6(9)7(10-3-8)5(2)11-4/h4-7,9H,3,8H2,1-2H3/t4-,5+,6-,7+/m1/s1/i1D. The van der Waals surface area contributed by atoms with E-state index in [0.29, 0.717) is 0 Å². The monoisotopic (exact) mass is 162 g/mol. The molecule has 0 radical (unpaired) electrons. The fourth-order valence-electron chi connectivity index (χ4n) is 1.27. The molecule has 1 aliphatic rings. The lowest BCUT2D eigenvalue weighted by molar-refractivity contribution is -0.0295. The van der Waals surface area contributed by atoms with E-state index in [1.54, 1.807) is 6.92 Å². The largest absolute Gasteiger partial charge is 0.388 e. The van der Waals surface area contributed by atoms with Gasteiger partial charge in [0.15, 0.2) is 0 Å². The van der Waals surface area contributed by atoms with E-state index < -0.39 is 12.2 Å². The Balaban J connectivity index is 2.51. The van der Waals surface area contributed by atoms with Crippen molar-refractivity contribution in [2.24, 2.45) is 5.73 Å². The minimum atomic E-state index is -0.721. The molecule has 4 nitrogen and oxygen atoms in total. The van der Waals surface area contributed by atoms with E-state index in [2.05, 4.69) is 0 Å². The predicted octanol–water partition coefficient (Wildman–Crippen LogP) is -0.544. The molecule has 11 heavy (non-hydrogen) atoms. The molecule has 1 heterocycles. The lowest BCUT2D eigenvalue weighted by Crippen LogP contribution is -2.35. The zero-order valence-corrected chi connectivity index (χ0v) is 6.56. The summed E-state index contributed by atoms with van der Waals surface area (Å²) in [5.74, 6) is 0. The first-order valence-corrected chi connectivity index (χ1v) is 3.65. The number of ether oxygens (including phenoxy) is 2. The van der Waals surface area contributed by atoms with E-state index in [0.717, 1.165) is 0 Å². The summed E-state index contributed by atoms with van der Waals surface area (Å²) >= 11 is 0. The highest BCUT2D eigenvalue weighted by Crippen LogP contribution is 2.22. The van der Waals surface area contributed by atoms with Gasteiger partial charge in [-0.15, -0.1) is 0 Å². The van der Waals surface area contributed by atoms with Gasteiger partial charge in [-0.2, -0.15) is 0 Å². The van der Waals surface area contributed by atoms with E-state index in [1.807, 2.05) is 0 Å². The van der Waals surface area contributed by atoms with Gasteiger partial charge >= 0.3 is 0 Å². The van der Waals surface area contributed by atoms with E-state index >= 15 is 0 Å². The summed E-state index contributed by atoms with van der Waals surface area (Å²) in [5, 5.41) is 9.52. The summed E-state index contributed by atoms with van der Waals surface area (Å²) in [7, 11) is 0. The van der Waals surface area contributed by atoms with Crippen LogP contribution in [0.15, 0.2) is 0 Å². The maximum Gasteiger partial charge on any atom is 0.113 e. The second-order valence-electron chi connectivity index (χ2n) is 2.67. The van der Waals surface area contributed by atoms with Crippen LogP contribution in [0.3, 0.4) is 0 Å². The van der Waals surface area contributed by atoms with Gasteiger partial charge < -0.3 is 20.3 Å². The molecule has 1 fully saturated rings. The summed E-state index contributed by atoms with van der Waals surface area (Å²) in [6.07, 6.45) is -1.72. The predicted molar refractivity (Wildman–Crippen MR) is 39.9 cm³/mol. The Labute approximate surface area is 67.7 Å². The number of rotatable bonds is 2. The molecule has 1 aliphatic heterocycles. The van der Waals surface area contributed by atoms with Crippen molar-refractivity contribution < 1.29 is 16.0 Å². The number of aliphatic hydroxyl groups excluding tert-OH is 1. The van der Waals surface area contributed by atoms with E-state index in [-0.39, 0.29) is 25.8 Å². The SMILES string of the molecule is [2H]C[C@H]1O[C@@H](C)[C@H](OCN)[C@@H]1O. The molecule has 0 aromatic heterocycles. The molecule has 66 valence electrons. The van der Waals surface area contributed by atoms with Gasteiger partial charge in [0.05, 0.1) is 18.9 Å². The lowest BCUT2D eigenvalue weighted by atomic mass is 10.1. The van der Waals surface area contributed by atoms with Crippen LogP contribution in [0.5, 0.6) is 0 Å². The lowest BCUT2D eigenvalue weighted by Gasteiger charge is -2.16. The van der Waals surface area contributed by atoms with Crippen molar-refractivity contribution in [2.45, 2.75) is 38.2 Å². The Morgan fingerprint density at radius 1 is 1.73 bits per heavy atom. The van der Waals surface area contributed by atoms with Crippen molar-refractivity contribution in [1.82, 2.24) is 0 Å². The van der Waals surface area contributed by atoms with Crippen LogP contribution in [0.2, 0.25) is 0 Å². The van der Waals surface area contributed by atoms with Gasteiger partial charge in [0.25, 0.3) is 0 Å². The average Bonchev–Trinajstić information content (AvgIpc) is 2.32. The zero-order chi connectivity index (χ0) is 9.14. The van der Waals surface area contributed by atoms with Crippen molar-refractivity contribution in [1.29, 1.82) is 0 Å². The van der Waals surface area contributed by atoms with Gasteiger partial charge in [-0.3, -0.25) is 0 Å². The van der Waals surface area contributed by atoms with Crippen LogP contribution < -0.4 is 5.73 Å². The first kappa shape index (κ1) is 7.49. The Morgan fingerprint density at radius 3 is 2.91 bits per heavy atom. The molecule has 4 atom stereocenters. The van der Waals surface area contributed by atoms with Crippen LogP contribution in [0.25, 0.3) is 0 Å². The third kappa shape index (κ3) is 1.70. The van der Waals surface area contributed by atoms with Gasteiger partial charge in [0, 0.05) is 1.37 Å². The Morgan fingerprint density at radius 2 is 2.45 bits per heavy atom. The van der Waals surface area contributed by atoms with Crippen LogP contribution in [-0.2, 0) is 9.47 Å². The molecule has 0 aromatic carbocycles. The molecule has 0 spiro atoms. The van der Waals surface area contributed by atoms with Crippen LogP contribution in [0, 0.1) is 0 Å². The Hall–Kier alpha value is -0.160. The highest BCUT2D eigenvalue weighted by molar-refractivity contribution is 4.87. The Kier molecular flexibility index (Phi) is 2.38. The minimum Gasteiger partial charge on any atom is -0.388 e. The van der Waals surface area contributed by atoms with Crippen molar-refractivity contribution in [3.05, 3.63) is 0 Å². The zero-order valence-electron chi connectivity index (χ0n) is 7.56. The second kappa shape index (κ2) is 3.49. The molecule has 0 bridgehead atoms. The van der Waals surface area contributed by atoms with Gasteiger partial charge in [-0.25, -0.2) is 0 Å². The third-order valence-corrected chi connectivity index (χ3v) is 1.86. The molecular weight excluding hydrogens is 146 g/mol. The van der Waals surface area contributed by atoms with Crippen molar-refractivity contribution in [3.8, 4) is 0 Å². The van der Waals surface area contributed by atoms with Crippen LogP contribution in [-0.4, -0.2) is 36.3 Å². The highest BCUT2D eigenvalue weighted by Gasteiger charge is 2.39. The van der Waals surface area contributed by atoms with Crippen LogP contribution in [0.4, 0.5) is 0 Å². The highest BCUT2D eigenvalue weighted by atomic mass is 16.6. The second-order valence-corrected chi connectivity index (χ2v) is 2.67. The Bertz CT molecular complexity index is 147. The van der Waals surface area contributed by atoms with Crippen molar-refractivity contribution in [3.63, 3.8) is 0 Å². The van der Waals surface area contributed by atoms with Gasteiger partial charge in [0.1, 0.15) is 12.2 Å². The number of nitrogens with two attached hydrogens (primary N) is 1. The normalized spacial score (nSPS) is 45.9. The van der Waals surface area contributed by atoms with Crippen molar-refractivity contribution in [2.75, 3.05) is 6.73 Å². The number of hydrogen-bond donors (Lipinski definition) is 2.